The van der Waals surface area contributed by atoms with Gasteiger partial charge in [-0.05, 0) is 37.2 Å². The largest absolute Gasteiger partial charge is 0.393 e. The van der Waals surface area contributed by atoms with Gasteiger partial charge >= 0.3 is 0 Å². The van der Waals surface area contributed by atoms with Gasteiger partial charge in [0.15, 0.2) is 0 Å². The van der Waals surface area contributed by atoms with E-state index in [4.69, 9.17) is 0 Å². The molecule has 0 bridgehead atoms. The van der Waals surface area contributed by atoms with Crippen LogP contribution in [0.15, 0.2) is 17.2 Å². The molecule has 3 atom stereocenters. The first-order chi connectivity index (χ1) is 10.8. The molecule has 3 rings (SSSR count). The van der Waals surface area contributed by atoms with Gasteiger partial charge in [-0.15, -0.1) is 0 Å². The molecule has 3 unspecified atom stereocenters. The summed E-state index contributed by atoms with van der Waals surface area (Å²) in [5.41, 5.74) is 0.296. The van der Waals surface area contributed by atoms with Crippen LogP contribution in [-0.4, -0.2) is 66.9 Å². The zero-order valence-electron chi connectivity index (χ0n) is 13.4. The maximum Gasteiger partial charge on any atom is 0.270 e. The van der Waals surface area contributed by atoms with E-state index in [-0.39, 0.29) is 16.9 Å². The molecule has 1 amide bonds. The van der Waals surface area contributed by atoms with Crippen molar-refractivity contribution in [3.8, 4) is 0 Å². The number of aliphatic hydroxyl groups excluding tert-OH is 1. The molecule has 1 saturated heterocycles. The van der Waals surface area contributed by atoms with E-state index in [1.807, 2.05) is 0 Å². The van der Waals surface area contributed by atoms with Crippen molar-refractivity contribution in [3.05, 3.63) is 18.0 Å². The van der Waals surface area contributed by atoms with Crippen molar-refractivity contribution in [1.29, 1.82) is 0 Å². The molecule has 2 heterocycles. The Morgan fingerprint density at radius 3 is 2.70 bits per heavy atom. The lowest BCUT2D eigenvalue weighted by atomic mass is 9.80. The number of H-pyrrole nitrogens is 1. The Bertz CT molecular complexity index is 697. The number of fused-ring (bicyclic) bond motifs is 1. The Hall–Kier alpha value is -1.38. The first kappa shape index (κ1) is 16.5. The molecule has 2 aliphatic rings. The summed E-state index contributed by atoms with van der Waals surface area (Å²) in [5, 5.41) is 9.76. The molecule has 0 spiro atoms. The molecule has 2 fully saturated rings. The topological polar surface area (TPSA) is 93.7 Å². The Kier molecular flexibility index (Phi) is 4.24. The number of sulfonamides is 1. The zero-order chi connectivity index (χ0) is 16.8. The monoisotopic (exact) mass is 341 g/mol. The highest BCUT2D eigenvalue weighted by Crippen LogP contribution is 2.36. The second kappa shape index (κ2) is 5.92. The van der Waals surface area contributed by atoms with Gasteiger partial charge in [0.1, 0.15) is 10.6 Å². The van der Waals surface area contributed by atoms with Gasteiger partial charge in [-0.1, -0.05) is 0 Å². The minimum absolute atomic E-state index is 0.0953. The van der Waals surface area contributed by atoms with Crippen molar-refractivity contribution < 1.29 is 18.3 Å². The maximum absolute atomic E-state index is 12.6. The molecule has 0 radical (unpaired) electrons. The van der Waals surface area contributed by atoms with Gasteiger partial charge in [-0.2, -0.15) is 0 Å². The van der Waals surface area contributed by atoms with Gasteiger partial charge in [-0.25, -0.2) is 12.7 Å². The lowest BCUT2D eigenvalue weighted by Gasteiger charge is -2.27. The summed E-state index contributed by atoms with van der Waals surface area (Å²) in [6.07, 6.45) is 3.60. The minimum atomic E-state index is -3.54. The number of amides is 1. The highest BCUT2D eigenvalue weighted by Gasteiger charge is 2.39. The van der Waals surface area contributed by atoms with E-state index >= 15 is 0 Å². The standard InChI is InChI=1S/C15H23N3O4S/c1-17(2)23(21,22)13-6-14(16-7-13)15(20)18-8-10-3-4-12(19)5-11(10)9-18/h6-7,10-12,16,19H,3-5,8-9H2,1-2H3. The number of likely N-dealkylation sites (tertiary alicyclic amines) is 1. The molecular formula is C15H23N3O4S. The highest BCUT2D eigenvalue weighted by molar-refractivity contribution is 7.89. The van der Waals surface area contributed by atoms with Crippen LogP contribution in [-0.2, 0) is 10.0 Å². The molecule has 1 aromatic rings. The second-order valence-corrected chi connectivity index (χ2v) is 8.89. The summed E-state index contributed by atoms with van der Waals surface area (Å²) >= 11 is 0. The molecule has 1 aromatic heterocycles. The number of rotatable bonds is 3. The van der Waals surface area contributed by atoms with Gasteiger partial charge in [0.05, 0.1) is 6.10 Å². The second-order valence-electron chi connectivity index (χ2n) is 6.73. The fraction of sp³-hybridized carbons (Fsp3) is 0.667. The molecule has 1 aliphatic carbocycles. The quantitative estimate of drug-likeness (QED) is 0.837. The number of hydrogen-bond acceptors (Lipinski definition) is 4. The molecule has 7 nitrogen and oxygen atoms in total. The van der Waals surface area contributed by atoms with Gasteiger partial charge in [0.25, 0.3) is 5.91 Å². The maximum atomic E-state index is 12.6. The first-order valence-electron chi connectivity index (χ1n) is 7.87. The van der Waals surface area contributed by atoms with Crippen LogP contribution >= 0.6 is 0 Å². The van der Waals surface area contributed by atoms with Crippen LogP contribution in [0.3, 0.4) is 0 Å². The number of nitrogens with one attached hydrogen (secondary N) is 1. The molecule has 2 N–H and O–H groups in total. The zero-order valence-corrected chi connectivity index (χ0v) is 14.2. The summed E-state index contributed by atoms with van der Waals surface area (Å²) in [4.78, 5) is 17.3. The third kappa shape index (κ3) is 3.02. The Labute approximate surface area is 136 Å². The van der Waals surface area contributed by atoms with Gasteiger partial charge in [-0.3, -0.25) is 4.79 Å². The number of carbonyl (C=O) groups excluding carboxylic acids is 1. The molecule has 0 aromatic carbocycles. The lowest BCUT2D eigenvalue weighted by Crippen LogP contribution is -2.29. The number of hydrogen-bond donors (Lipinski definition) is 2. The summed E-state index contributed by atoms with van der Waals surface area (Å²) in [7, 11) is -0.626. The molecule has 1 saturated carbocycles. The van der Waals surface area contributed by atoms with Gasteiger partial charge in [0, 0.05) is 33.4 Å². The van der Waals surface area contributed by atoms with Crippen LogP contribution in [0.1, 0.15) is 29.8 Å². The average Bonchev–Trinajstić information content (AvgIpc) is 3.12. The Morgan fingerprint density at radius 2 is 2.00 bits per heavy atom. The van der Waals surface area contributed by atoms with Crippen molar-refractivity contribution >= 4 is 15.9 Å². The minimum Gasteiger partial charge on any atom is -0.393 e. The van der Waals surface area contributed by atoms with Crippen molar-refractivity contribution in [3.63, 3.8) is 0 Å². The molecule has 8 heteroatoms. The lowest BCUT2D eigenvalue weighted by molar-refractivity contribution is 0.0771. The summed E-state index contributed by atoms with van der Waals surface area (Å²) in [5.74, 6) is 0.624. The van der Waals surface area contributed by atoms with Crippen LogP contribution in [0.4, 0.5) is 0 Å². The van der Waals surface area contributed by atoms with E-state index in [2.05, 4.69) is 4.98 Å². The van der Waals surface area contributed by atoms with Crippen LogP contribution in [0, 0.1) is 11.8 Å². The summed E-state index contributed by atoms with van der Waals surface area (Å²) in [6.45, 7) is 1.32. The van der Waals surface area contributed by atoms with Crippen molar-refractivity contribution in [2.45, 2.75) is 30.3 Å². The molecule has 128 valence electrons. The predicted octanol–water partition coefficient (Wildman–Crippen LogP) is 0.498. The van der Waals surface area contributed by atoms with Crippen molar-refractivity contribution in [2.75, 3.05) is 27.2 Å². The van der Waals surface area contributed by atoms with E-state index in [0.29, 0.717) is 30.6 Å². The molecule has 23 heavy (non-hydrogen) atoms. The third-order valence-electron chi connectivity index (χ3n) is 4.97. The van der Waals surface area contributed by atoms with Crippen LogP contribution in [0.2, 0.25) is 0 Å². The van der Waals surface area contributed by atoms with Crippen LogP contribution < -0.4 is 0 Å². The van der Waals surface area contributed by atoms with Crippen LogP contribution in [0.25, 0.3) is 0 Å². The Balaban J connectivity index is 1.74. The fourth-order valence-corrected chi connectivity index (χ4v) is 4.50. The average molecular weight is 341 g/mol. The Morgan fingerprint density at radius 1 is 1.30 bits per heavy atom. The van der Waals surface area contributed by atoms with Gasteiger partial charge in [0.2, 0.25) is 10.0 Å². The highest BCUT2D eigenvalue weighted by atomic mass is 32.2. The van der Waals surface area contributed by atoms with Crippen LogP contribution in [0.5, 0.6) is 0 Å². The van der Waals surface area contributed by atoms with E-state index in [0.717, 1.165) is 23.6 Å². The number of aromatic nitrogens is 1. The van der Waals surface area contributed by atoms with E-state index < -0.39 is 10.0 Å². The first-order valence-corrected chi connectivity index (χ1v) is 9.31. The van der Waals surface area contributed by atoms with Gasteiger partial charge < -0.3 is 15.0 Å². The number of aliphatic hydroxyl groups is 1. The molecule has 1 aliphatic heterocycles. The summed E-state index contributed by atoms with van der Waals surface area (Å²) < 4.78 is 25.3. The normalized spacial score (nSPS) is 28.2. The predicted molar refractivity (Wildman–Crippen MR) is 84.4 cm³/mol. The van der Waals surface area contributed by atoms with Crippen molar-refractivity contribution in [1.82, 2.24) is 14.2 Å². The third-order valence-corrected chi connectivity index (χ3v) is 6.77. The number of aromatic amines is 1. The van der Waals surface area contributed by atoms with E-state index in [1.54, 1.807) is 4.90 Å². The van der Waals surface area contributed by atoms with E-state index in [1.165, 1.54) is 26.4 Å². The van der Waals surface area contributed by atoms with E-state index in [9.17, 15) is 18.3 Å². The SMILES string of the molecule is CN(C)S(=O)(=O)c1c[nH]c(C(=O)N2CC3CCC(O)CC3C2)c1. The summed E-state index contributed by atoms with van der Waals surface area (Å²) in [6, 6.07) is 1.40. The number of nitrogens with zero attached hydrogens (tertiary/aromatic N) is 2. The molecular weight excluding hydrogens is 318 g/mol. The van der Waals surface area contributed by atoms with Crippen molar-refractivity contribution in [2.24, 2.45) is 11.8 Å². The smallest absolute Gasteiger partial charge is 0.270 e. The number of carbonyl (C=O) groups is 1. The fourth-order valence-electron chi connectivity index (χ4n) is 3.60.